The van der Waals surface area contributed by atoms with E-state index < -0.39 is 6.04 Å². The first kappa shape index (κ1) is 20.1. The molecule has 0 radical (unpaired) electrons. The van der Waals surface area contributed by atoms with Crippen molar-refractivity contribution in [1.29, 1.82) is 0 Å². The van der Waals surface area contributed by atoms with E-state index >= 15 is 0 Å². The van der Waals surface area contributed by atoms with Crippen LogP contribution in [0, 0.1) is 5.92 Å². The minimum Gasteiger partial charge on any atom is -0.381 e. The van der Waals surface area contributed by atoms with Crippen molar-refractivity contribution in [1.82, 2.24) is 9.88 Å². The lowest BCUT2D eigenvalue weighted by Crippen LogP contribution is -2.47. The predicted molar refractivity (Wildman–Crippen MR) is 86.7 cm³/mol. The van der Waals surface area contributed by atoms with Gasteiger partial charge in [-0.1, -0.05) is 6.07 Å². The Hall–Kier alpha value is -0.880. The van der Waals surface area contributed by atoms with Gasteiger partial charge in [0.05, 0.1) is 6.04 Å². The molecule has 2 N–H and O–H groups in total. The average Bonchev–Trinajstić information content (AvgIpc) is 2.47. The molecule has 2 rings (SSSR count). The smallest absolute Gasteiger partial charge is 0.239 e. The average molecular weight is 336 g/mol. The predicted octanol–water partition coefficient (Wildman–Crippen LogP) is 1.64. The molecule has 1 aromatic heterocycles. The maximum Gasteiger partial charge on any atom is 0.239 e. The number of likely N-dealkylation sites (N-methyl/N-ethyl adjacent to an activating group) is 1. The van der Waals surface area contributed by atoms with E-state index in [2.05, 4.69) is 4.98 Å². The molecular weight excluding hydrogens is 313 g/mol. The number of hydrogen-bond donors (Lipinski definition) is 1. The molecule has 7 heteroatoms. The number of halogens is 2. The number of rotatable bonds is 4. The van der Waals surface area contributed by atoms with Gasteiger partial charge in [0.2, 0.25) is 5.91 Å². The summed E-state index contributed by atoms with van der Waals surface area (Å²) in [6.45, 7) is 1.96. The molecule has 5 nitrogen and oxygen atoms in total. The standard InChI is InChI=1S/C14H21N3O2.2ClH/c1-17(10-11-3-2-6-16-9-11)14(18)13(15)12-4-7-19-8-5-12;;/h2-3,6,9,12-13H,4-5,7-8,10,15H2,1H3;2*1H. The van der Waals surface area contributed by atoms with Crippen molar-refractivity contribution >= 4 is 30.7 Å². The lowest BCUT2D eigenvalue weighted by atomic mass is 9.91. The van der Waals surface area contributed by atoms with Crippen LogP contribution in [0.5, 0.6) is 0 Å². The van der Waals surface area contributed by atoms with Gasteiger partial charge < -0.3 is 15.4 Å². The Morgan fingerprint density at radius 1 is 1.48 bits per heavy atom. The minimum atomic E-state index is -0.425. The van der Waals surface area contributed by atoms with E-state index in [1.807, 2.05) is 12.1 Å². The summed E-state index contributed by atoms with van der Waals surface area (Å²) in [5.41, 5.74) is 7.10. The molecule has 0 saturated carbocycles. The van der Waals surface area contributed by atoms with Crippen LogP contribution in [0.15, 0.2) is 24.5 Å². The number of ether oxygens (including phenoxy) is 1. The zero-order valence-electron chi connectivity index (χ0n) is 12.1. The highest BCUT2D eigenvalue weighted by molar-refractivity contribution is 5.85. The van der Waals surface area contributed by atoms with E-state index in [1.165, 1.54) is 0 Å². The summed E-state index contributed by atoms with van der Waals surface area (Å²) in [5.74, 6) is 0.230. The quantitative estimate of drug-likeness (QED) is 0.908. The van der Waals surface area contributed by atoms with E-state index in [4.69, 9.17) is 10.5 Å². The van der Waals surface area contributed by atoms with Crippen molar-refractivity contribution < 1.29 is 9.53 Å². The van der Waals surface area contributed by atoms with Gasteiger partial charge in [-0.15, -0.1) is 24.8 Å². The van der Waals surface area contributed by atoms with Crippen LogP contribution in [0.4, 0.5) is 0 Å². The Morgan fingerprint density at radius 2 is 2.14 bits per heavy atom. The summed E-state index contributed by atoms with van der Waals surface area (Å²) < 4.78 is 5.30. The molecule has 1 amide bonds. The van der Waals surface area contributed by atoms with Gasteiger partial charge in [0.25, 0.3) is 0 Å². The summed E-state index contributed by atoms with van der Waals surface area (Å²) in [4.78, 5) is 18.0. The first-order valence-corrected chi connectivity index (χ1v) is 6.65. The van der Waals surface area contributed by atoms with Crippen molar-refractivity contribution in [3.8, 4) is 0 Å². The SMILES string of the molecule is CN(Cc1cccnc1)C(=O)C(N)C1CCOCC1.Cl.Cl. The molecule has 120 valence electrons. The lowest BCUT2D eigenvalue weighted by molar-refractivity contribution is -0.133. The number of carbonyl (C=O) groups excluding carboxylic acids is 1. The Balaban J connectivity index is 0.00000200. The van der Waals surface area contributed by atoms with Gasteiger partial charge in [0, 0.05) is 39.2 Å². The molecule has 0 aromatic carbocycles. The first-order valence-electron chi connectivity index (χ1n) is 6.65. The Bertz CT molecular complexity index is 414. The number of aromatic nitrogens is 1. The molecule has 0 spiro atoms. The van der Waals surface area contributed by atoms with Crippen molar-refractivity contribution in [2.24, 2.45) is 11.7 Å². The van der Waals surface area contributed by atoms with Gasteiger partial charge in [-0.3, -0.25) is 9.78 Å². The van der Waals surface area contributed by atoms with Crippen LogP contribution < -0.4 is 5.73 Å². The molecule has 0 bridgehead atoms. The number of carbonyl (C=O) groups is 1. The number of hydrogen-bond acceptors (Lipinski definition) is 4. The number of amides is 1. The Morgan fingerprint density at radius 3 is 2.71 bits per heavy atom. The fourth-order valence-electron chi connectivity index (χ4n) is 2.37. The number of pyridine rings is 1. The molecule has 0 aliphatic carbocycles. The zero-order chi connectivity index (χ0) is 13.7. The highest BCUT2D eigenvalue weighted by Crippen LogP contribution is 2.19. The Labute approximate surface area is 138 Å². The third kappa shape index (κ3) is 5.79. The van der Waals surface area contributed by atoms with Crippen LogP contribution in [0.3, 0.4) is 0 Å². The van der Waals surface area contributed by atoms with Crippen molar-refractivity contribution in [2.45, 2.75) is 25.4 Å². The second-order valence-corrected chi connectivity index (χ2v) is 5.03. The fourth-order valence-corrected chi connectivity index (χ4v) is 2.37. The summed E-state index contributed by atoms with van der Waals surface area (Å²) in [7, 11) is 1.79. The second-order valence-electron chi connectivity index (χ2n) is 5.03. The summed E-state index contributed by atoms with van der Waals surface area (Å²) in [5, 5.41) is 0. The molecule has 2 heterocycles. The van der Waals surface area contributed by atoms with Gasteiger partial charge in [-0.2, -0.15) is 0 Å². The number of nitrogens with zero attached hydrogens (tertiary/aromatic N) is 2. The van der Waals surface area contributed by atoms with Crippen LogP contribution in [0.2, 0.25) is 0 Å². The van der Waals surface area contributed by atoms with Crippen LogP contribution >= 0.6 is 24.8 Å². The van der Waals surface area contributed by atoms with Crippen molar-refractivity contribution in [3.05, 3.63) is 30.1 Å². The summed E-state index contributed by atoms with van der Waals surface area (Å²) in [6.07, 6.45) is 5.23. The summed E-state index contributed by atoms with van der Waals surface area (Å²) >= 11 is 0. The monoisotopic (exact) mass is 335 g/mol. The van der Waals surface area contributed by atoms with Gasteiger partial charge >= 0.3 is 0 Å². The zero-order valence-corrected chi connectivity index (χ0v) is 13.7. The molecule has 1 aromatic rings. The highest BCUT2D eigenvalue weighted by atomic mass is 35.5. The van der Waals surface area contributed by atoms with Gasteiger partial charge in [-0.05, 0) is 30.4 Å². The van der Waals surface area contributed by atoms with E-state index in [-0.39, 0.29) is 36.6 Å². The molecule has 1 atom stereocenters. The fraction of sp³-hybridized carbons (Fsp3) is 0.571. The normalized spacial score (nSPS) is 16.3. The summed E-state index contributed by atoms with van der Waals surface area (Å²) in [6, 6.07) is 3.40. The highest BCUT2D eigenvalue weighted by Gasteiger charge is 2.28. The van der Waals surface area contributed by atoms with Crippen LogP contribution in [-0.4, -0.2) is 42.1 Å². The third-order valence-electron chi connectivity index (χ3n) is 3.58. The molecule has 1 aliphatic heterocycles. The maximum atomic E-state index is 12.3. The Kier molecular flexibility index (Phi) is 9.53. The van der Waals surface area contributed by atoms with Crippen molar-refractivity contribution in [3.63, 3.8) is 0 Å². The van der Waals surface area contributed by atoms with E-state index in [9.17, 15) is 4.79 Å². The molecule has 21 heavy (non-hydrogen) atoms. The minimum absolute atomic E-state index is 0. The van der Waals surface area contributed by atoms with Crippen LogP contribution in [0.25, 0.3) is 0 Å². The topological polar surface area (TPSA) is 68.5 Å². The van der Waals surface area contributed by atoms with Gasteiger partial charge in [0.1, 0.15) is 0 Å². The van der Waals surface area contributed by atoms with Gasteiger partial charge in [0.15, 0.2) is 0 Å². The molecule has 1 fully saturated rings. The van der Waals surface area contributed by atoms with E-state index in [0.29, 0.717) is 19.8 Å². The van der Waals surface area contributed by atoms with Crippen LogP contribution in [-0.2, 0) is 16.1 Å². The van der Waals surface area contributed by atoms with Crippen molar-refractivity contribution in [2.75, 3.05) is 20.3 Å². The van der Waals surface area contributed by atoms with E-state index in [1.54, 1.807) is 24.3 Å². The molecular formula is C14H23Cl2N3O2. The second kappa shape index (κ2) is 9.95. The third-order valence-corrected chi connectivity index (χ3v) is 3.58. The number of nitrogens with two attached hydrogens (primary N) is 1. The van der Waals surface area contributed by atoms with E-state index in [0.717, 1.165) is 18.4 Å². The lowest BCUT2D eigenvalue weighted by Gasteiger charge is -2.29. The molecule has 1 saturated heterocycles. The maximum absolute atomic E-state index is 12.3. The first-order chi connectivity index (χ1) is 9.18. The molecule has 1 aliphatic rings. The molecule has 1 unspecified atom stereocenters. The largest absolute Gasteiger partial charge is 0.381 e. The van der Waals surface area contributed by atoms with Crippen LogP contribution in [0.1, 0.15) is 18.4 Å². The van der Waals surface area contributed by atoms with Gasteiger partial charge in [-0.25, -0.2) is 0 Å².